The molecule has 1 atom stereocenters. The molecule has 0 aromatic carbocycles. The van der Waals surface area contributed by atoms with Gasteiger partial charge in [-0.1, -0.05) is 0 Å². The van der Waals surface area contributed by atoms with Gasteiger partial charge in [-0.2, -0.15) is 10.1 Å². The second-order valence-corrected chi connectivity index (χ2v) is 9.72. The maximum atomic E-state index is 11.9. The molecule has 2 fully saturated rings. The molecule has 9 nitrogen and oxygen atoms in total. The van der Waals surface area contributed by atoms with Crippen molar-refractivity contribution in [2.45, 2.75) is 30.4 Å². The molecule has 2 aliphatic rings. The summed E-state index contributed by atoms with van der Waals surface area (Å²) in [5, 5.41) is 14.9. The van der Waals surface area contributed by atoms with Crippen LogP contribution in [-0.2, 0) is 9.84 Å². The Morgan fingerprint density at radius 2 is 2.15 bits per heavy atom. The molecule has 5 rings (SSSR count). The normalized spacial score (nSPS) is 20.5. The molecule has 1 saturated carbocycles. The zero-order valence-electron chi connectivity index (χ0n) is 15.0. The van der Waals surface area contributed by atoms with Gasteiger partial charge in [-0.25, -0.2) is 12.9 Å². The molecule has 142 valence electrons. The van der Waals surface area contributed by atoms with Gasteiger partial charge in [0.1, 0.15) is 5.52 Å². The number of anilines is 3. The van der Waals surface area contributed by atoms with Crippen LogP contribution in [0.1, 0.15) is 30.9 Å². The maximum absolute atomic E-state index is 11.9. The highest BCUT2D eigenvalue weighted by Gasteiger charge is 2.32. The molecule has 1 saturated heterocycles. The van der Waals surface area contributed by atoms with Crippen molar-refractivity contribution in [3.8, 4) is 0 Å². The molecule has 2 N–H and O–H groups in total. The average molecular weight is 387 g/mol. The molecular weight excluding hydrogens is 366 g/mol. The van der Waals surface area contributed by atoms with Gasteiger partial charge in [0.15, 0.2) is 21.5 Å². The number of aromatic nitrogens is 5. The standard InChI is InChI=1S/C17H21N7O2S/c1-27(25,26)12-6-8-23(10-12)17-19-16(14-3-2-7-24(14)22-17)18-15-9-13(20-21-15)11-4-5-11/h2-3,7,9,11-12H,4-6,8,10H2,1H3,(H2,18,19,20,21,22)/t12-/m1/s1. The fraction of sp³-hybridized carbons (Fsp3) is 0.471. The van der Waals surface area contributed by atoms with Gasteiger partial charge < -0.3 is 10.2 Å². The van der Waals surface area contributed by atoms with Crippen LogP contribution >= 0.6 is 0 Å². The Labute approximate surface area is 156 Å². The van der Waals surface area contributed by atoms with E-state index in [0.29, 0.717) is 37.2 Å². The zero-order valence-corrected chi connectivity index (χ0v) is 15.8. The van der Waals surface area contributed by atoms with Crippen molar-refractivity contribution in [2.75, 3.05) is 29.6 Å². The summed E-state index contributed by atoms with van der Waals surface area (Å²) < 4.78 is 25.5. The monoisotopic (exact) mass is 387 g/mol. The van der Waals surface area contributed by atoms with Crippen molar-refractivity contribution in [1.29, 1.82) is 0 Å². The molecule has 0 radical (unpaired) electrons. The number of aromatic amines is 1. The summed E-state index contributed by atoms with van der Waals surface area (Å²) in [5.74, 6) is 2.49. The van der Waals surface area contributed by atoms with Gasteiger partial charge in [-0.05, 0) is 31.4 Å². The van der Waals surface area contributed by atoms with E-state index in [1.54, 1.807) is 4.52 Å². The summed E-state index contributed by atoms with van der Waals surface area (Å²) in [6, 6.07) is 5.86. The number of H-pyrrole nitrogens is 1. The number of sulfone groups is 1. The minimum absolute atomic E-state index is 0.370. The van der Waals surface area contributed by atoms with Gasteiger partial charge in [-0.3, -0.25) is 5.10 Å². The van der Waals surface area contributed by atoms with E-state index in [9.17, 15) is 8.42 Å². The minimum Gasteiger partial charge on any atom is -0.338 e. The number of hydrogen-bond acceptors (Lipinski definition) is 7. The third kappa shape index (κ3) is 3.14. The summed E-state index contributed by atoms with van der Waals surface area (Å²) in [7, 11) is -3.07. The summed E-state index contributed by atoms with van der Waals surface area (Å²) in [6.45, 7) is 1.04. The highest BCUT2D eigenvalue weighted by molar-refractivity contribution is 7.91. The third-order valence-corrected chi connectivity index (χ3v) is 6.87. The number of rotatable bonds is 5. The first-order valence-electron chi connectivity index (χ1n) is 9.09. The van der Waals surface area contributed by atoms with Crippen LogP contribution in [0.3, 0.4) is 0 Å². The van der Waals surface area contributed by atoms with Crippen molar-refractivity contribution >= 4 is 32.9 Å². The van der Waals surface area contributed by atoms with Crippen LogP contribution in [0.25, 0.3) is 5.52 Å². The number of nitrogens with one attached hydrogen (secondary N) is 2. The topological polar surface area (TPSA) is 108 Å². The highest BCUT2D eigenvalue weighted by Crippen LogP contribution is 2.39. The lowest BCUT2D eigenvalue weighted by atomic mass is 10.3. The van der Waals surface area contributed by atoms with Gasteiger partial charge in [0.2, 0.25) is 5.95 Å². The maximum Gasteiger partial charge on any atom is 0.245 e. The smallest absolute Gasteiger partial charge is 0.245 e. The molecule has 27 heavy (non-hydrogen) atoms. The van der Waals surface area contributed by atoms with Crippen molar-refractivity contribution in [2.24, 2.45) is 0 Å². The van der Waals surface area contributed by atoms with Gasteiger partial charge in [-0.15, -0.1) is 5.10 Å². The molecule has 0 unspecified atom stereocenters. The van der Waals surface area contributed by atoms with Crippen LogP contribution in [0.2, 0.25) is 0 Å². The number of fused-ring (bicyclic) bond motifs is 1. The Morgan fingerprint density at radius 1 is 1.30 bits per heavy atom. The fourth-order valence-electron chi connectivity index (χ4n) is 3.53. The molecule has 1 aliphatic carbocycles. The minimum atomic E-state index is -3.07. The molecule has 3 aromatic heterocycles. The van der Waals surface area contributed by atoms with Gasteiger partial charge in [0, 0.05) is 43.2 Å². The molecular formula is C17H21N7O2S. The molecule has 1 aliphatic heterocycles. The van der Waals surface area contributed by atoms with E-state index in [-0.39, 0.29) is 5.25 Å². The lowest BCUT2D eigenvalue weighted by Crippen LogP contribution is -2.28. The van der Waals surface area contributed by atoms with E-state index in [1.807, 2.05) is 29.3 Å². The van der Waals surface area contributed by atoms with Crippen LogP contribution in [0, 0.1) is 0 Å². The van der Waals surface area contributed by atoms with Crippen LogP contribution in [-0.4, -0.2) is 57.8 Å². The van der Waals surface area contributed by atoms with Gasteiger partial charge in [0.25, 0.3) is 0 Å². The van der Waals surface area contributed by atoms with E-state index in [1.165, 1.54) is 19.1 Å². The van der Waals surface area contributed by atoms with Crippen molar-refractivity contribution in [3.05, 3.63) is 30.1 Å². The van der Waals surface area contributed by atoms with Crippen LogP contribution in [0.5, 0.6) is 0 Å². The van der Waals surface area contributed by atoms with Crippen LogP contribution in [0.4, 0.5) is 17.6 Å². The third-order valence-electron chi connectivity index (χ3n) is 5.27. The van der Waals surface area contributed by atoms with Gasteiger partial charge in [0.05, 0.1) is 5.25 Å². The Morgan fingerprint density at radius 3 is 2.89 bits per heavy atom. The first-order chi connectivity index (χ1) is 13.0. The summed E-state index contributed by atoms with van der Waals surface area (Å²) >= 11 is 0. The number of hydrogen-bond donors (Lipinski definition) is 2. The Bertz CT molecular complexity index is 1100. The lowest BCUT2D eigenvalue weighted by molar-refractivity contribution is 0.589. The van der Waals surface area contributed by atoms with E-state index < -0.39 is 9.84 Å². The summed E-state index contributed by atoms with van der Waals surface area (Å²) in [5.41, 5.74) is 1.99. The molecule has 3 aromatic rings. The van der Waals surface area contributed by atoms with E-state index >= 15 is 0 Å². The molecule has 0 amide bonds. The Kier molecular flexibility index (Phi) is 3.64. The first kappa shape index (κ1) is 16.5. The SMILES string of the molecule is CS(=O)(=O)[C@@H]1CCN(c2nc(Nc3cc(C4CC4)[nH]n3)c3cccn3n2)C1. The average Bonchev–Trinajstić information content (AvgIpc) is 3.06. The van der Waals surface area contributed by atoms with Crippen molar-refractivity contribution < 1.29 is 8.42 Å². The van der Waals surface area contributed by atoms with Crippen molar-refractivity contribution in [3.63, 3.8) is 0 Å². The number of nitrogens with zero attached hydrogens (tertiary/aromatic N) is 5. The Balaban J connectivity index is 1.46. The lowest BCUT2D eigenvalue weighted by Gasteiger charge is -2.17. The molecule has 0 bridgehead atoms. The van der Waals surface area contributed by atoms with Crippen molar-refractivity contribution in [1.82, 2.24) is 24.8 Å². The van der Waals surface area contributed by atoms with Gasteiger partial charge >= 0.3 is 0 Å². The predicted octanol–water partition coefficient (Wildman–Crippen LogP) is 1.70. The Hall–Kier alpha value is -2.62. The molecule has 0 spiro atoms. The zero-order chi connectivity index (χ0) is 18.6. The van der Waals surface area contributed by atoms with E-state index in [4.69, 9.17) is 0 Å². The fourth-order valence-corrected chi connectivity index (χ4v) is 4.52. The second-order valence-electron chi connectivity index (χ2n) is 7.39. The molecule has 4 heterocycles. The molecule has 10 heteroatoms. The predicted molar refractivity (Wildman–Crippen MR) is 102 cm³/mol. The van der Waals surface area contributed by atoms with E-state index in [0.717, 1.165) is 17.0 Å². The highest BCUT2D eigenvalue weighted by atomic mass is 32.2. The second kappa shape index (κ2) is 5.95. The van der Waals surface area contributed by atoms with E-state index in [2.05, 4.69) is 25.6 Å². The van der Waals surface area contributed by atoms with Crippen LogP contribution < -0.4 is 10.2 Å². The summed E-state index contributed by atoms with van der Waals surface area (Å²) in [4.78, 5) is 6.60. The quantitative estimate of drug-likeness (QED) is 0.686. The first-order valence-corrected chi connectivity index (χ1v) is 11.0. The summed E-state index contributed by atoms with van der Waals surface area (Å²) in [6.07, 6.45) is 6.16. The van der Waals surface area contributed by atoms with Crippen LogP contribution in [0.15, 0.2) is 24.4 Å². The largest absolute Gasteiger partial charge is 0.338 e.